The molecule has 1 atom stereocenters. The molecule has 0 aliphatic heterocycles. The summed E-state index contributed by atoms with van der Waals surface area (Å²) >= 11 is 0. The topological polar surface area (TPSA) is 46.2 Å². The lowest BCUT2D eigenvalue weighted by atomic mass is 10.1. The predicted molar refractivity (Wildman–Crippen MR) is 57.4 cm³/mol. The molecule has 1 aliphatic carbocycles. The molecule has 84 valence electrons. The minimum absolute atomic E-state index is 0.124. The Morgan fingerprint density at radius 2 is 2.25 bits per heavy atom. The Morgan fingerprint density at radius 1 is 1.44 bits per heavy atom. The van der Waals surface area contributed by atoms with E-state index in [9.17, 15) is 14.0 Å². The fourth-order valence-corrected chi connectivity index (χ4v) is 1.85. The van der Waals surface area contributed by atoms with Crippen molar-refractivity contribution in [3.8, 4) is 0 Å². The maximum absolute atomic E-state index is 12.9. The van der Waals surface area contributed by atoms with Gasteiger partial charge in [-0.3, -0.25) is 9.59 Å². The number of carbonyl (C=O) groups is 2. The fourth-order valence-electron chi connectivity index (χ4n) is 1.85. The lowest BCUT2D eigenvalue weighted by Crippen LogP contribution is -2.20. The maximum Gasteiger partial charge on any atom is 0.227 e. The van der Waals surface area contributed by atoms with Gasteiger partial charge in [0.1, 0.15) is 11.6 Å². The fraction of sp³-hybridized carbons (Fsp3) is 0.333. The SMILES string of the molecule is O=C1CC[C@@H](C(=O)Nc2cccc(F)c2)C1. The van der Waals surface area contributed by atoms with E-state index in [0.717, 1.165) is 0 Å². The second-order valence-corrected chi connectivity index (χ2v) is 3.98. The summed E-state index contributed by atoms with van der Waals surface area (Å²) < 4.78 is 12.9. The zero-order valence-corrected chi connectivity index (χ0v) is 8.70. The smallest absolute Gasteiger partial charge is 0.227 e. The van der Waals surface area contributed by atoms with E-state index in [1.54, 1.807) is 6.07 Å². The van der Waals surface area contributed by atoms with Gasteiger partial charge in [-0.15, -0.1) is 0 Å². The lowest BCUT2D eigenvalue weighted by Gasteiger charge is -2.09. The Hall–Kier alpha value is -1.71. The standard InChI is InChI=1S/C12H12FNO2/c13-9-2-1-3-10(7-9)14-12(16)8-4-5-11(15)6-8/h1-3,7-8H,4-6H2,(H,14,16)/t8-/m1/s1. The van der Waals surface area contributed by atoms with Crippen LogP contribution in [0.15, 0.2) is 24.3 Å². The van der Waals surface area contributed by atoms with Crippen molar-refractivity contribution in [3.63, 3.8) is 0 Å². The molecule has 1 aromatic carbocycles. The zero-order chi connectivity index (χ0) is 11.5. The molecule has 3 nitrogen and oxygen atoms in total. The van der Waals surface area contributed by atoms with Crippen molar-refractivity contribution in [2.24, 2.45) is 5.92 Å². The van der Waals surface area contributed by atoms with Gasteiger partial charge in [-0.25, -0.2) is 4.39 Å². The summed E-state index contributed by atoms with van der Waals surface area (Å²) in [4.78, 5) is 22.7. The van der Waals surface area contributed by atoms with Gasteiger partial charge >= 0.3 is 0 Å². The van der Waals surface area contributed by atoms with Crippen LogP contribution < -0.4 is 5.32 Å². The summed E-state index contributed by atoms with van der Waals surface area (Å²) in [5.74, 6) is -0.716. The third-order valence-electron chi connectivity index (χ3n) is 2.71. The molecule has 0 radical (unpaired) electrons. The molecular formula is C12H12FNO2. The van der Waals surface area contributed by atoms with E-state index < -0.39 is 0 Å². The van der Waals surface area contributed by atoms with Crippen LogP contribution in [0.3, 0.4) is 0 Å². The van der Waals surface area contributed by atoms with Crippen molar-refractivity contribution in [1.82, 2.24) is 0 Å². The minimum Gasteiger partial charge on any atom is -0.326 e. The first-order chi connectivity index (χ1) is 7.65. The number of carbonyl (C=O) groups excluding carboxylic acids is 2. The van der Waals surface area contributed by atoms with E-state index >= 15 is 0 Å². The number of Topliss-reactive ketones (excluding diaryl/α,β-unsaturated/α-hetero) is 1. The molecule has 1 amide bonds. The van der Waals surface area contributed by atoms with Gasteiger partial charge in [-0.2, -0.15) is 0 Å². The second kappa shape index (κ2) is 4.43. The van der Waals surface area contributed by atoms with E-state index in [1.165, 1.54) is 18.2 Å². The van der Waals surface area contributed by atoms with Crippen molar-refractivity contribution in [2.45, 2.75) is 19.3 Å². The second-order valence-electron chi connectivity index (χ2n) is 3.98. The number of rotatable bonds is 2. The van der Waals surface area contributed by atoms with E-state index in [2.05, 4.69) is 5.32 Å². The molecule has 1 saturated carbocycles. The van der Waals surface area contributed by atoms with E-state index in [4.69, 9.17) is 0 Å². The Labute approximate surface area is 92.7 Å². The zero-order valence-electron chi connectivity index (χ0n) is 8.70. The van der Waals surface area contributed by atoms with Crippen LogP contribution in [-0.2, 0) is 9.59 Å². The Balaban J connectivity index is 1.99. The summed E-state index contributed by atoms with van der Waals surface area (Å²) in [5, 5.41) is 2.61. The molecule has 0 unspecified atom stereocenters. The Kier molecular flexibility index (Phi) is 2.99. The van der Waals surface area contributed by atoms with Crippen molar-refractivity contribution in [1.29, 1.82) is 0 Å². The van der Waals surface area contributed by atoms with Gasteiger partial charge in [-0.1, -0.05) is 6.07 Å². The molecule has 0 saturated heterocycles. The molecule has 4 heteroatoms. The number of halogens is 1. The van der Waals surface area contributed by atoms with Gasteiger partial charge < -0.3 is 5.32 Å². The lowest BCUT2D eigenvalue weighted by molar-refractivity contribution is -0.122. The van der Waals surface area contributed by atoms with Crippen LogP contribution >= 0.6 is 0 Å². The highest BCUT2D eigenvalue weighted by Gasteiger charge is 2.28. The van der Waals surface area contributed by atoms with Crippen LogP contribution in [0.25, 0.3) is 0 Å². The molecule has 1 N–H and O–H groups in total. The summed E-state index contributed by atoms with van der Waals surface area (Å²) in [6, 6.07) is 5.73. The molecular weight excluding hydrogens is 209 g/mol. The van der Waals surface area contributed by atoms with Crippen molar-refractivity contribution < 1.29 is 14.0 Å². The molecule has 16 heavy (non-hydrogen) atoms. The number of anilines is 1. The van der Waals surface area contributed by atoms with Gasteiger partial charge in [0.2, 0.25) is 5.91 Å². The Morgan fingerprint density at radius 3 is 2.88 bits per heavy atom. The van der Waals surface area contributed by atoms with Gasteiger partial charge in [0, 0.05) is 24.4 Å². The third-order valence-corrected chi connectivity index (χ3v) is 2.71. The van der Waals surface area contributed by atoms with Crippen molar-refractivity contribution in [3.05, 3.63) is 30.1 Å². The number of benzene rings is 1. The third kappa shape index (κ3) is 2.45. The molecule has 0 spiro atoms. The highest BCUT2D eigenvalue weighted by Crippen LogP contribution is 2.23. The predicted octanol–water partition coefficient (Wildman–Crippen LogP) is 2.13. The first-order valence-corrected chi connectivity index (χ1v) is 5.23. The number of hydrogen-bond donors (Lipinski definition) is 1. The first kappa shape index (κ1) is 10.8. The van der Waals surface area contributed by atoms with E-state index in [0.29, 0.717) is 24.9 Å². The van der Waals surface area contributed by atoms with E-state index in [-0.39, 0.29) is 23.4 Å². The van der Waals surface area contributed by atoms with Crippen LogP contribution in [0.2, 0.25) is 0 Å². The van der Waals surface area contributed by atoms with Gasteiger partial charge in [0.25, 0.3) is 0 Å². The number of nitrogens with one attached hydrogen (secondary N) is 1. The highest BCUT2D eigenvalue weighted by molar-refractivity contribution is 5.97. The quantitative estimate of drug-likeness (QED) is 0.831. The van der Waals surface area contributed by atoms with E-state index in [1.807, 2.05) is 0 Å². The molecule has 1 fully saturated rings. The molecule has 0 bridgehead atoms. The monoisotopic (exact) mass is 221 g/mol. The molecule has 1 aromatic rings. The summed E-state index contributed by atoms with van der Waals surface area (Å²) in [7, 11) is 0. The first-order valence-electron chi connectivity index (χ1n) is 5.23. The summed E-state index contributed by atoms with van der Waals surface area (Å²) in [6.07, 6.45) is 1.38. The normalized spacial score (nSPS) is 19.8. The molecule has 2 rings (SSSR count). The van der Waals surface area contributed by atoms with Crippen molar-refractivity contribution >= 4 is 17.4 Å². The molecule has 0 heterocycles. The van der Waals surface area contributed by atoms with Crippen LogP contribution in [0, 0.1) is 11.7 Å². The molecule has 1 aliphatic rings. The van der Waals surface area contributed by atoms with Crippen LogP contribution in [0.5, 0.6) is 0 Å². The van der Waals surface area contributed by atoms with Crippen molar-refractivity contribution in [2.75, 3.05) is 5.32 Å². The van der Waals surface area contributed by atoms with Crippen LogP contribution in [0.1, 0.15) is 19.3 Å². The number of ketones is 1. The summed E-state index contributed by atoms with van der Waals surface area (Å²) in [6.45, 7) is 0. The average Bonchev–Trinajstić information content (AvgIpc) is 2.65. The average molecular weight is 221 g/mol. The van der Waals surface area contributed by atoms with Gasteiger partial charge in [-0.05, 0) is 24.6 Å². The highest BCUT2D eigenvalue weighted by atomic mass is 19.1. The number of amides is 1. The van der Waals surface area contributed by atoms with Gasteiger partial charge in [0.15, 0.2) is 0 Å². The van der Waals surface area contributed by atoms with Crippen LogP contribution in [0.4, 0.5) is 10.1 Å². The summed E-state index contributed by atoms with van der Waals surface area (Å²) in [5.41, 5.74) is 0.435. The maximum atomic E-state index is 12.9. The molecule has 0 aromatic heterocycles. The Bertz CT molecular complexity index is 431. The van der Waals surface area contributed by atoms with Crippen LogP contribution in [-0.4, -0.2) is 11.7 Å². The minimum atomic E-state index is -0.389. The van der Waals surface area contributed by atoms with Gasteiger partial charge in [0.05, 0.1) is 0 Å². The largest absolute Gasteiger partial charge is 0.326 e. The number of hydrogen-bond acceptors (Lipinski definition) is 2.